The Balaban J connectivity index is 2.27. The summed E-state index contributed by atoms with van der Waals surface area (Å²) < 4.78 is 26.9. The Morgan fingerprint density at radius 1 is 1.30 bits per heavy atom. The summed E-state index contributed by atoms with van der Waals surface area (Å²) in [6.45, 7) is 0. The van der Waals surface area contributed by atoms with Crippen LogP contribution in [0, 0.1) is 0 Å². The standard InChI is InChI=1S/C13H15NO5S/c15-12-7-6-10(8-11(12)13(16)17)20(18,19)14-9-4-2-1-3-5-9/h1-2,6-9,14-15H,3-5H2,(H,16,17). The van der Waals surface area contributed by atoms with Crippen LogP contribution in [0.2, 0.25) is 0 Å². The van der Waals surface area contributed by atoms with Gasteiger partial charge in [0.2, 0.25) is 10.0 Å². The molecule has 0 aromatic heterocycles. The van der Waals surface area contributed by atoms with Gasteiger partial charge in [0.15, 0.2) is 0 Å². The van der Waals surface area contributed by atoms with Crippen LogP contribution in [-0.2, 0) is 10.0 Å². The Labute approximate surface area is 116 Å². The molecule has 1 aromatic carbocycles. The number of aromatic carboxylic acids is 1. The molecule has 1 unspecified atom stereocenters. The van der Waals surface area contributed by atoms with Crippen LogP contribution in [0.15, 0.2) is 35.2 Å². The normalized spacial score (nSPS) is 18.9. The highest BCUT2D eigenvalue weighted by molar-refractivity contribution is 7.89. The molecule has 0 aliphatic heterocycles. The number of carbonyl (C=O) groups is 1. The zero-order valence-electron chi connectivity index (χ0n) is 10.6. The average Bonchev–Trinajstić information content (AvgIpc) is 2.39. The highest BCUT2D eigenvalue weighted by atomic mass is 32.2. The molecule has 0 spiro atoms. The van der Waals surface area contributed by atoms with Crippen LogP contribution < -0.4 is 4.72 Å². The minimum atomic E-state index is -3.79. The molecule has 3 N–H and O–H groups in total. The minimum Gasteiger partial charge on any atom is -0.507 e. The van der Waals surface area contributed by atoms with Crippen molar-refractivity contribution in [3.63, 3.8) is 0 Å². The van der Waals surface area contributed by atoms with Crippen molar-refractivity contribution in [1.82, 2.24) is 4.72 Å². The first-order chi connectivity index (χ1) is 9.40. The summed E-state index contributed by atoms with van der Waals surface area (Å²) >= 11 is 0. The molecule has 0 radical (unpaired) electrons. The van der Waals surface area contributed by atoms with E-state index in [1.54, 1.807) is 0 Å². The molecule has 0 saturated heterocycles. The highest BCUT2D eigenvalue weighted by Crippen LogP contribution is 2.22. The molecular weight excluding hydrogens is 282 g/mol. The lowest BCUT2D eigenvalue weighted by molar-refractivity contribution is 0.0693. The number of carboxylic acid groups (broad SMARTS) is 1. The Kier molecular flexibility index (Phi) is 4.10. The van der Waals surface area contributed by atoms with E-state index in [-0.39, 0.29) is 10.9 Å². The van der Waals surface area contributed by atoms with E-state index in [4.69, 9.17) is 5.11 Å². The van der Waals surface area contributed by atoms with Crippen LogP contribution >= 0.6 is 0 Å². The largest absolute Gasteiger partial charge is 0.507 e. The Hall–Kier alpha value is -1.86. The van der Waals surface area contributed by atoms with E-state index in [2.05, 4.69) is 4.72 Å². The summed E-state index contributed by atoms with van der Waals surface area (Å²) in [7, 11) is -3.79. The molecule has 1 aliphatic rings. The first kappa shape index (κ1) is 14.5. The number of nitrogens with one attached hydrogen (secondary N) is 1. The van der Waals surface area contributed by atoms with Crippen LogP contribution in [-0.4, -0.2) is 30.6 Å². The zero-order valence-corrected chi connectivity index (χ0v) is 11.4. The quantitative estimate of drug-likeness (QED) is 0.730. The van der Waals surface area contributed by atoms with E-state index in [0.717, 1.165) is 18.6 Å². The van der Waals surface area contributed by atoms with Crippen molar-refractivity contribution in [1.29, 1.82) is 0 Å². The first-order valence-electron chi connectivity index (χ1n) is 6.14. The zero-order chi connectivity index (χ0) is 14.8. The average molecular weight is 297 g/mol. The fraction of sp³-hybridized carbons (Fsp3) is 0.308. The lowest BCUT2D eigenvalue weighted by Gasteiger charge is -2.19. The maximum atomic E-state index is 12.2. The van der Waals surface area contributed by atoms with Crippen LogP contribution in [0.1, 0.15) is 29.6 Å². The van der Waals surface area contributed by atoms with Gasteiger partial charge in [0.1, 0.15) is 11.3 Å². The highest BCUT2D eigenvalue weighted by Gasteiger charge is 2.22. The monoisotopic (exact) mass is 297 g/mol. The van der Waals surface area contributed by atoms with Gasteiger partial charge in [-0.15, -0.1) is 0 Å². The molecule has 108 valence electrons. The van der Waals surface area contributed by atoms with E-state index >= 15 is 0 Å². The van der Waals surface area contributed by atoms with E-state index < -0.39 is 27.3 Å². The van der Waals surface area contributed by atoms with Crippen molar-refractivity contribution in [2.24, 2.45) is 0 Å². The summed E-state index contributed by atoms with van der Waals surface area (Å²) in [4.78, 5) is 10.7. The second-order valence-corrected chi connectivity index (χ2v) is 6.30. The number of hydrogen-bond donors (Lipinski definition) is 3. The molecule has 1 aromatic rings. The molecule has 7 heteroatoms. The second-order valence-electron chi connectivity index (χ2n) is 4.59. The number of carboxylic acids is 1. The molecule has 0 bridgehead atoms. The molecule has 0 fully saturated rings. The SMILES string of the molecule is O=C(O)c1cc(S(=O)(=O)NC2CC=CCC2)ccc1O. The van der Waals surface area contributed by atoms with Crippen LogP contribution in [0.5, 0.6) is 5.75 Å². The maximum Gasteiger partial charge on any atom is 0.339 e. The van der Waals surface area contributed by atoms with Gasteiger partial charge < -0.3 is 10.2 Å². The predicted molar refractivity (Wildman–Crippen MR) is 72.2 cm³/mol. The molecule has 2 rings (SSSR count). The van der Waals surface area contributed by atoms with E-state index in [9.17, 15) is 18.3 Å². The third kappa shape index (κ3) is 3.17. The van der Waals surface area contributed by atoms with Gasteiger partial charge in [0, 0.05) is 6.04 Å². The number of rotatable bonds is 4. The van der Waals surface area contributed by atoms with Crippen LogP contribution in [0.3, 0.4) is 0 Å². The van der Waals surface area contributed by atoms with Crippen molar-refractivity contribution in [2.75, 3.05) is 0 Å². The number of allylic oxidation sites excluding steroid dienone is 1. The molecule has 1 atom stereocenters. The second kappa shape index (κ2) is 5.64. The molecule has 0 heterocycles. The third-order valence-electron chi connectivity index (χ3n) is 3.10. The smallest absolute Gasteiger partial charge is 0.339 e. The van der Waals surface area contributed by atoms with Gasteiger partial charge in [0.05, 0.1) is 4.90 Å². The maximum absolute atomic E-state index is 12.2. The molecule has 20 heavy (non-hydrogen) atoms. The van der Waals surface area contributed by atoms with E-state index in [1.165, 1.54) is 6.07 Å². The Bertz CT molecular complexity index is 651. The molecule has 0 saturated carbocycles. The van der Waals surface area contributed by atoms with E-state index in [1.807, 2.05) is 12.2 Å². The van der Waals surface area contributed by atoms with Gasteiger partial charge >= 0.3 is 5.97 Å². The molecule has 0 amide bonds. The Morgan fingerprint density at radius 2 is 2.05 bits per heavy atom. The molecular formula is C13H15NO5S. The van der Waals surface area contributed by atoms with Crippen molar-refractivity contribution in [3.8, 4) is 5.75 Å². The van der Waals surface area contributed by atoms with Crippen LogP contribution in [0.25, 0.3) is 0 Å². The van der Waals surface area contributed by atoms with Gasteiger partial charge in [0.25, 0.3) is 0 Å². The van der Waals surface area contributed by atoms with Gasteiger partial charge in [-0.2, -0.15) is 0 Å². The summed E-state index contributed by atoms with van der Waals surface area (Å²) in [5.41, 5.74) is -0.434. The summed E-state index contributed by atoms with van der Waals surface area (Å²) in [6, 6.07) is 3.02. The lowest BCUT2D eigenvalue weighted by atomic mass is 10.0. The molecule has 1 aliphatic carbocycles. The number of sulfonamides is 1. The van der Waals surface area contributed by atoms with Crippen molar-refractivity contribution in [3.05, 3.63) is 35.9 Å². The predicted octanol–water partition coefficient (Wildman–Crippen LogP) is 1.48. The summed E-state index contributed by atoms with van der Waals surface area (Å²) in [5.74, 6) is -1.84. The Morgan fingerprint density at radius 3 is 2.65 bits per heavy atom. The number of phenols is 1. The van der Waals surface area contributed by atoms with Gasteiger partial charge in [-0.1, -0.05) is 12.2 Å². The fourth-order valence-electron chi connectivity index (χ4n) is 2.04. The number of aromatic hydroxyl groups is 1. The lowest BCUT2D eigenvalue weighted by Crippen LogP contribution is -2.35. The van der Waals surface area contributed by atoms with Gasteiger partial charge in [-0.25, -0.2) is 17.9 Å². The van der Waals surface area contributed by atoms with E-state index in [0.29, 0.717) is 12.8 Å². The van der Waals surface area contributed by atoms with Crippen molar-refractivity contribution in [2.45, 2.75) is 30.2 Å². The topological polar surface area (TPSA) is 104 Å². The van der Waals surface area contributed by atoms with Crippen LogP contribution in [0.4, 0.5) is 0 Å². The minimum absolute atomic E-state index is 0.165. The third-order valence-corrected chi connectivity index (χ3v) is 4.62. The van der Waals surface area contributed by atoms with Gasteiger partial charge in [-0.05, 0) is 37.5 Å². The number of hydrogen-bond acceptors (Lipinski definition) is 4. The first-order valence-corrected chi connectivity index (χ1v) is 7.62. The molecule has 6 nitrogen and oxygen atoms in total. The summed E-state index contributed by atoms with van der Waals surface area (Å²) in [6.07, 6.45) is 6.04. The van der Waals surface area contributed by atoms with Crippen molar-refractivity contribution < 1.29 is 23.4 Å². The van der Waals surface area contributed by atoms with Crippen molar-refractivity contribution >= 4 is 16.0 Å². The van der Waals surface area contributed by atoms with Gasteiger partial charge in [-0.3, -0.25) is 0 Å². The summed E-state index contributed by atoms with van der Waals surface area (Å²) in [5, 5.41) is 18.3. The number of benzene rings is 1. The fourth-order valence-corrected chi connectivity index (χ4v) is 3.35.